The number of rotatable bonds is 3. The van der Waals surface area contributed by atoms with Gasteiger partial charge in [-0.25, -0.2) is 4.98 Å². The molecule has 0 saturated carbocycles. The van der Waals surface area contributed by atoms with Crippen molar-refractivity contribution in [2.75, 3.05) is 13.2 Å². The largest absolute Gasteiger partial charge is 0.462 e. The highest BCUT2D eigenvalue weighted by Gasteiger charge is 1.97. The lowest BCUT2D eigenvalue weighted by molar-refractivity contribution is 0.301. The predicted octanol–water partition coefficient (Wildman–Crippen LogP) is -0.314. The lowest BCUT2D eigenvalue weighted by atomic mass is 10.4. The molecule has 0 aliphatic heterocycles. The molecule has 0 amide bonds. The number of hydrogen-bond donors (Lipinski definition) is 1. The van der Waals surface area contributed by atoms with E-state index in [2.05, 4.69) is 9.97 Å². The van der Waals surface area contributed by atoms with E-state index in [0.29, 0.717) is 13.2 Å². The molecule has 0 aromatic carbocycles. The third kappa shape index (κ3) is 2.18. The maximum atomic E-state index is 8.47. The summed E-state index contributed by atoms with van der Waals surface area (Å²) in [7, 11) is 0. The Morgan fingerprint density at radius 3 is 3.17 bits per heavy atom. The van der Waals surface area contributed by atoms with Crippen LogP contribution in [0.25, 0.3) is 0 Å². The Labute approximate surface area is 69.8 Å². The molecular formula is C7H8N4O. The summed E-state index contributed by atoms with van der Waals surface area (Å²) in [5, 5.41) is 8.47. The molecule has 62 valence electrons. The molecule has 1 aromatic rings. The Morgan fingerprint density at radius 2 is 2.50 bits per heavy atom. The molecule has 0 unspecified atom stereocenters. The maximum Gasteiger partial charge on any atom is 0.317 e. The van der Waals surface area contributed by atoms with Gasteiger partial charge in [0.25, 0.3) is 0 Å². The summed E-state index contributed by atoms with van der Waals surface area (Å²) in [5.41, 5.74) is 5.49. The van der Waals surface area contributed by atoms with Crippen LogP contribution in [0.4, 0.5) is 0 Å². The lowest BCUT2D eigenvalue weighted by Crippen LogP contribution is -2.12. The van der Waals surface area contributed by atoms with Crippen molar-refractivity contribution in [3.05, 3.63) is 18.0 Å². The normalized spacial score (nSPS) is 9.00. The van der Waals surface area contributed by atoms with Gasteiger partial charge in [0.05, 0.1) is 0 Å². The Bertz CT molecular complexity index is 294. The number of aromatic nitrogens is 2. The molecule has 1 heterocycles. The molecule has 1 rings (SSSR count). The van der Waals surface area contributed by atoms with Crippen molar-refractivity contribution >= 4 is 0 Å². The Morgan fingerprint density at radius 1 is 1.67 bits per heavy atom. The van der Waals surface area contributed by atoms with Gasteiger partial charge < -0.3 is 10.5 Å². The number of ether oxygens (including phenoxy) is 1. The quantitative estimate of drug-likeness (QED) is 0.662. The average molecular weight is 164 g/mol. The van der Waals surface area contributed by atoms with Gasteiger partial charge in [-0.3, -0.25) is 0 Å². The highest BCUT2D eigenvalue weighted by atomic mass is 16.5. The molecule has 0 atom stereocenters. The summed E-state index contributed by atoms with van der Waals surface area (Å²) in [6.07, 6.45) is 1.47. The second-order valence-corrected chi connectivity index (χ2v) is 1.97. The van der Waals surface area contributed by atoms with E-state index in [9.17, 15) is 0 Å². The zero-order valence-corrected chi connectivity index (χ0v) is 6.40. The van der Waals surface area contributed by atoms with Crippen molar-refractivity contribution < 1.29 is 4.74 Å². The first-order chi connectivity index (χ1) is 5.86. The predicted molar refractivity (Wildman–Crippen MR) is 41.3 cm³/mol. The first-order valence-corrected chi connectivity index (χ1v) is 3.43. The highest BCUT2D eigenvalue weighted by Crippen LogP contribution is 2.00. The fourth-order valence-corrected chi connectivity index (χ4v) is 0.623. The summed E-state index contributed by atoms with van der Waals surface area (Å²) in [5.74, 6) is 0. The summed E-state index contributed by atoms with van der Waals surface area (Å²) in [6, 6.07) is 3.58. The van der Waals surface area contributed by atoms with Crippen LogP contribution < -0.4 is 10.5 Å². The first-order valence-electron chi connectivity index (χ1n) is 3.43. The second-order valence-electron chi connectivity index (χ2n) is 1.97. The SMILES string of the molecule is N#Cc1ccnc(OCCN)n1. The second kappa shape index (κ2) is 4.26. The van der Waals surface area contributed by atoms with Crippen LogP contribution in [0.1, 0.15) is 5.69 Å². The van der Waals surface area contributed by atoms with E-state index in [1.54, 1.807) is 0 Å². The van der Waals surface area contributed by atoms with Crippen LogP contribution in [0.5, 0.6) is 6.01 Å². The van der Waals surface area contributed by atoms with E-state index in [-0.39, 0.29) is 11.7 Å². The van der Waals surface area contributed by atoms with Gasteiger partial charge in [-0.05, 0) is 6.07 Å². The summed E-state index contributed by atoms with van der Waals surface area (Å²) in [4.78, 5) is 7.56. The zero-order valence-electron chi connectivity index (χ0n) is 6.40. The smallest absolute Gasteiger partial charge is 0.317 e. The van der Waals surface area contributed by atoms with E-state index in [1.807, 2.05) is 6.07 Å². The molecule has 0 spiro atoms. The molecule has 1 aromatic heterocycles. The number of hydrogen-bond acceptors (Lipinski definition) is 5. The van der Waals surface area contributed by atoms with Gasteiger partial charge in [-0.2, -0.15) is 10.2 Å². The lowest BCUT2D eigenvalue weighted by Gasteiger charge is -2.00. The molecule has 0 saturated heterocycles. The van der Waals surface area contributed by atoms with Crippen LogP contribution in [-0.2, 0) is 0 Å². The van der Waals surface area contributed by atoms with Crippen LogP contribution in [0.3, 0.4) is 0 Å². The third-order valence-electron chi connectivity index (χ3n) is 1.10. The minimum absolute atomic E-state index is 0.194. The first kappa shape index (κ1) is 8.43. The molecule has 12 heavy (non-hydrogen) atoms. The maximum absolute atomic E-state index is 8.47. The standard InChI is InChI=1S/C7H8N4O/c8-2-4-12-7-10-3-1-6(5-9)11-7/h1,3H,2,4,8H2. The Hall–Kier alpha value is -1.67. The molecule has 0 aliphatic carbocycles. The molecule has 0 bridgehead atoms. The van der Waals surface area contributed by atoms with Gasteiger partial charge in [0.15, 0.2) is 0 Å². The monoisotopic (exact) mass is 164 g/mol. The minimum atomic E-state index is 0.194. The third-order valence-corrected chi connectivity index (χ3v) is 1.10. The van der Waals surface area contributed by atoms with Gasteiger partial charge in [0.1, 0.15) is 18.4 Å². The Balaban J connectivity index is 2.68. The van der Waals surface area contributed by atoms with Gasteiger partial charge >= 0.3 is 6.01 Å². The van der Waals surface area contributed by atoms with Crippen molar-refractivity contribution in [2.45, 2.75) is 0 Å². The molecular weight excluding hydrogens is 156 g/mol. The fraction of sp³-hybridized carbons (Fsp3) is 0.286. The van der Waals surface area contributed by atoms with Crippen LogP contribution >= 0.6 is 0 Å². The Kier molecular flexibility index (Phi) is 2.99. The van der Waals surface area contributed by atoms with Crippen LogP contribution in [-0.4, -0.2) is 23.1 Å². The van der Waals surface area contributed by atoms with Gasteiger partial charge in [0, 0.05) is 12.7 Å². The number of nitriles is 1. The molecule has 2 N–H and O–H groups in total. The van der Waals surface area contributed by atoms with Gasteiger partial charge in [0.2, 0.25) is 0 Å². The summed E-state index contributed by atoms with van der Waals surface area (Å²) in [6.45, 7) is 0.759. The molecule has 5 heteroatoms. The summed E-state index contributed by atoms with van der Waals surface area (Å²) < 4.78 is 5.00. The van der Waals surface area contributed by atoms with Crippen LogP contribution in [0.15, 0.2) is 12.3 Å². The van der Waals surface area contributed by atoms with E-state index in [4.69, 9.17) is 15.7 Å². The topological polar surface area (TPSA) is 84.8 Å². The number of nitrogens with zero attached hydrogens (tertiary/aromatic N) is 3. The molecule has 0 radical (unpaired) electrons. The van der Waals surface area contributed by atoms with Gasteiger partial charge in [-0.1, -0.05) is 0 Å². The molecule has 5 nitrogen and oxygen atoms in total. The number of nitrogens with two attached hydrogens (primary N) is 1. The van der Waals surface area contributed by atoms with Crippen molar-refractivity contribution in [1.82, 2.24) is 9.97 Å². The fourth-order valence-electron chi connectivity index (χ4n) is 0.623. The van der Waals surface area contributed by atoms with E-state index in [0.717, 1.165) is 0 Å². The molecule has 0 aliphatic rings. The van der Waals surface area contributed by atoms with Crippen LogP contribution in [0, 0.1) is 11.3 Å². The van der Waals surface area contributed by atoms with Crippen molar-refractivity contribution in [1.29, 1.82) is 5.26 Å². The minimum Gasteiger partial charge on any atom is -0.462 e. The highest BCUT2D eigenvalue weighted by molar-refractivity contribution is 5.19. The van der Waals surface area contributed by atoms with Crippen molar-refractivity contribution in [2.24, 2.45) is 5.73 Å². The summed E-state index contributed by atoms with van der Waals surface area (Å²) >= 11 is 0. The van der Waals surface area contributed by atoms with Crippen LogP contribution in [0.2, 0.25) is 0 Å². The van der Waals surface area contributed by atoms with E-state index in [1.165, 1.54) is 12.3 Å². The van der Waals surface area contributed by atoms with E-state index < -0.39 is 0 Å². The van der Waals surface area contributed by atoms with E-state index >= 15 is 0 Å². The van der Waals surface area contributed by atoms with Crippen molar-refractivity contribution in [3.63, 3.8) is 0 Å². The average Bonchev–Trinajstić information content (AvgIpc) is 2.15. The molecule has 0 fully saturated rings. The zero-order chi connectivity index (χ0) is 8.81. The van der Waals surface area contributed by atoms with Crippen molar-refractivity contribution in [3.8, 4) is 12.1 Å². The van der Waals surface area contributed by atoms with Gasteiger partial charge in [-0.15, -0.1) is 0 Å².